The van der Waals surface area contributed by atoms with E-state index in [0.717, 1.165) is 27.4 Å². The third kappa shape index (κ3) is 6.67. The van der Waals surface area contributed by atoms with Crippen molar-refractivity contribution < 1.29 is 17.9 Å². The van der Waals surface area contributed by atoms with Gasteiger partial charge in [0.2, 0.25) is 15.9 Å². The van der Waals surface area contributed by atoms with Gasteiger partial charge < -0.3 is 10.1 Å². The van der Waals surface area contributed by atoms with Crippen molar-refractivity contribution in [2.45, 2.75) is 13.8 Å². The Morgan fingerprint density at radius 1 is 1.07 bits per heavy atom. The van der Waals surface area contributed by atoms with Crippen molar-refractivity contribution in [3.63, 3.8) is 0 Å². The molecule has 0 saturated heterocycles. The SMILES string of the molecule is Cc1ccc(C)c(OCCNC(=O)CN(c2cc(Cl)c(Cl)cc2Cl)S(C)(=O)=O)c1. The summed E-state index contributed by atoms with van der Waals surface area (Å²) in [5.74, 6) is 0.224. The molecule has 29 heavy (non-hydrogen) atoms. The molecule has 0 bridgehead atoms. The number of sulfonamides is 1. The van der Waals surface area contributed by atoms with E-state index < -0.39 is 22.5 Å². The number of anilines is 1. The maximum absolute atomic E-state index is 12.3. The number of benzene rings is 2. The molecule has 10 heteroatoms. The lowest BCUT2D eigenvalue weighted by atomic mass is 10.1. The molecular weight excluding hydrogens is 459 g/mol. The van der Waals surface area contributed by atoms with Crippen LogP contribution in [0.2, 0.25) is 15.1 Å². The third-order valence-electron chi connectivity index (χ3n) is 3.97. The first kappa shape index (κ1) is 23.6. The van der Waals surface area contributed by atoms with Gasteiger partial charge in [-0.2, -0.15) is 0 Å². The van der Waals surface area contributed by atoms with E-state index in [1.54, 1.807) is 0 Å². The van der Waals surface area contributed by atoms with Crippen LogP contribution in [0.25, 0.3) is 0 Å². The predicted molar refractivity (Wildman–Crippen MR) is 118 cm³/mol. The van der Waals surface area contributed by atoms with E-state index in [9.17, 15) is 13.2 Å². The number of nitrogens with one attached hydrogen (secondary N) is 1. The molecule has 1 amide bonds. The van der Waals surface area contributed by atoms with Gasteiger partial charge in [-0.15, -0.1) is 0 Å². The molecule has 158 valence electrons. The number of hydrogen-bond donors (Lipinski definition) is 1. The zero-order valence-corrected chi connectivity index (χ0v) is 19.2. The van der Waals surface area contributed by atoms with Crippen LogP contribution in [-0.4, -0.2) is 40.3 Å². The molecule has 6 nitrogen and oxygen atoms in total. The van der Waals surface area contributed by atoms with E-state index in [2.05, 4.69) is 5.32 Å². The molecule has 0 saturated carbocycles. The first-order valence-electron chi connectivity index (χ1n) is 8.58. The van der Waals surface area contributed by atoms with E-state index in [4.69, 9.17) is 39.5 Å². The molecule has 2 aromatic rings. The quantitative estimate of drug-likeness (QED) is 0.454. The van der Waals surface area contributed by atoms with Crippen LogP contribution in [0, 0.1) is 13.8 Å². The predicted octanol–water partition coefficient (Wildman–Crippen LogP) is 4.22. The summed E-state index contributed by atoms with van der Waals surface area (Å²) in [4.78, 5) is 12.3. The highest BCUT2D eigenvalue weighted by Crippen LogP contribution is 2.35. The minimum Gasteiger partial charge on any atom is -0.491 e. The minimum atomic E-state index is -3.79. The van der Waals surface area contributed by atoms with E-state index >= 15 is 0 Å². The molecule has 0 aliphatic carbocycles. The molecule has 0 aliphatic rings. The molecule has 0 aromatic heterocycles. The van der Waals surface area contributed by atoms with Gasteiger partial charge in [0.15, 0.2) is 0 Å². The number of hydrogen-bond acceptors (Lipinski definition) is 4. The van der Waals surface area contributed by atoms with Gasteiger partial charge in [-0.1, -0.05) is 46.9 Å². The van der Waals surface area contributed by atoms with Gasteiger partial charge in [0, 0.05) is 0 Å². The maximum Gasteiger partial charge on any atom is 0.240 e. The van der Waals surface area contributed by atoms with Gasteiger partial charge >= 0.3 is 0 Å². The Labute approximate surface area is 185 Å². The van der Waals surface area contributed by atoms with Crippen LogP contribution in [-0.2, 0) is 14.8 Å². The summed E-state index contributed by atoms with van der Waals surface area (Å²) in [5.41, 5.74) is 2.13. The normalized spacial score (nSPS) is 11.2. The minimum absolute atomic E-state index is 0.0656. The Bertz CT molecular complexity index is 1010. The summed E-state index contributed by atoms with van der Waals surface area (Å²) in [6.45, 7) is 3.88. The molecular formula is C19H21Cl3N2O4S. The van der Waals surface area contributed by atoms with E-state index in [1.165, 1.54) is 12.1 Å². The topological polar surface area (TPSA) is 75.7 Å². The molecule has 0 heterocycles. The Balaban J connectivity index is 2.01. The van der Waals surface area contributed by atoms with Gasteiger partial charge in [-0.05, 0) is 43.2 Å². The van der Waals surface area contributed by atoms with Crippen molar-refractivity contribution in [1.29, 1.82) is 0 Å². The van der Waals surface area contributed by atoms with Crippen LogP contribution in [0.4, 0.5) is 5.69 Å². The molecule has 2 rings (SSSR count). The second kappa shape index (κ2) is 9.89. The Morgan fingerprint density at radius 2 is 1.72 bits per heavy atom. The maximum atomic E-state index is 12.3. The molecule has 0 unspecified atom stereocenters. The van der Waals surface area contributed by atoms with Crippen molar-refractivity contribution in [2.24, 2.45) is 0 Å². The lowest BCUT2D eigenvalue weighted by molar-refractivity contribution is -0.119. The van der Waals surface area contributed by atoms with Gasteiger partial charge in [-0.3, -0.25) is 9.10 Å². The third-order valence-corrected chi connectivity index (χ3v) is 6.12. The fourth-order valence-corrected chi connectivity index (χ4v) is 4.04. The first-order chi connectivity index (χ1) is 13.5. The number of carbonyl (C=O) groups excluding carboxylic acids is 1. The van der Waals surface area contributed by atoms with Crippen molar-refractivity contribution in [3.05, 3.63) is 56.5 Å². The zero-order valence-electron chi connectivity index (χ0n) is 16.1. The molecule has 2 aromatic carbocycles. The Kier molecular flexibility index (Phi) is 8.05. The second-order valence-corrected chi connectivity index (χ2v) is 9.58. The van der Waals surface area contributed by atoms with Crippen molar-refractivity contribution in [2.75, 3.05) is 30.3 Å². The number of nitrogens with zero attached hydrogens (tertiary/aromatic N) is 1. The smallest absolute Gasteiger partial charge is 0.240 e. The van der Waals surface area contributed by atoms with Crippen molar-refractivity contribution in [3.8, 4) is 5.75 Å². The van der Waals surface area contributed by atoms with Gasteiger partial charge in [0.1, 0.15) is 18.9 Å². The lowest BCUT2D eigenvalue weighted by Crippen LogP contribution is -2.41. The van der Waals surface area contributed by atoms with Gasteiger partial charge in [-0.25, -0.2) is 8.42 Å². The van der Waals surface area contributed by atoms with Crippen LogP contribution in [0.3, 0.4) is 0 Å². The monoisotopic (exact) mass is 478 g/mol. The summed E-state index contributed by atoms with van der Waals surface area (Å²) < 4.78 is 30.9. The van der Waals surface area contributed by atoms with E-state index in [-0.39, 0.29) is 33.9 Å². The van der Waals surface area contributed by atoms with Crippen molar-refractivity contribution in [1.82, 2.24) is 5.32 Å². The molecule has 1 N–H and O–H groups in total. The molecule has 0 fully saturated rings. The van der Waals surface area contributed by atoms with Crippen LogP contribution in [0.1, 0.15) is 11.1 Å². The van der Waals surface area contributed by atoms with E-state index in [0.29, 0.717) is 0 Å². The van der Waals surface area contributed by atoms with Crippen LogP contribution < -0.4 is 14.4 Å². The first-order valence-corrected chi connectivity index (χ1v) is 11.6. The Morgan fingerprint density at radius 3 is 2.38 bits per heavy atom. The number of carbonyl (C=O) groups is 1. The molecule has 0 radical (unpaired) electrons. The Hall–Kier alpha value is -1.67. The summed E-state index contributed by atoms with van der Waals surface area (Å²) in [5, 5.41) is 3.01. The number of rotatable bonds is 8. The molecule has 0 spiro atoms. The number of aryl methyl sites for hydroxylation is 2. The van der Waals surface area contributed by atoms with Crippen LogP contribution in [0.5, 0.6) is 5.75 Å². The standard InChI is InChI=1S/C19H21Cl3N2O4S/c1-12-4-5-13(2)18(8-12)28-7-6-23-19(25)11-24(29(3,26)27)17-10-15(21)14(20)9-16(17)22/h4-5,8-10H,6-7,11H2,1-3H3,(H,23,25). The number of ether oxygens (including phenoxy) is 1. The highest BCUT2D eigenvalue weighted by molar-refractivity contribution is 7.92. The van der Waals surface area contributed by atoms with Gasteiger partial charge in [0.25, 0.3) is 0 Å². The van der Waals surface area contributed by atoms with Crippen molar-refractivity contribution >= 4 is 56.4 Å². The average Bonchev–Trinajstić information content (AvgIpc) is 2.62. The van der Waals surface area contributed by atoms with Crippen LogP contribution in [0.15, 0.2) is 30.3 Å². The largest absolute Gasteiger partial charge is 0.491 e. The average molecular weight is 480 g/mol. The molecule has 0 atom stereocenters. The summed E-state index contributed by atoms with van der Waals surface area (Å²) in [6.07, 6.45) is 0.975. The summed E-state index contributed by atoms with van der Waals surface area (Å²) in [7, 11) is -3.79. The zero-order chi connectivity index (χ0) is 21.8. The van der Waals surface area contributed by atoms with E-state index in [1.807, 2.05) is 32.0 Å². The molecule has 0 aliphatic heterocycles. The highest BCUT2D eigenvalue weighted by atomic mass is 35.5. The highest BCUT2D eigenvalue weighted by Gasteiger charge is 2.24. The number of halogens is 3. The number of amides is 1. The lowest BCUT2D eigenvalue weighted by Gasteiger charge is -2.23. The summed E-state index contributed by atoms with van der Waals surface area (Å²) >= 11 is 18.0. The second-order valence-electron chi connectivity index (χ2n) is 6.45. The fraction of sp³-hybridized carbons (Fsp3) is 0.316. The fourth-order valence-electron chi connectivity index (χ4n) is 2.48. The van der Waals surface area contributed by atoms with Crippen LogP contribution >= 0.6 is 34.8 Å². The summed E-state index contributed by atoms with van der Waals surface area (Å²) in [6, 6.07) is 8.49. The van der Waals surface area contributed by atoms with Gasteiger partial charge in [0.05, 0.1) is 33.6 Å².